The van der Waals surface area contributed by atoms with E-state index in [0.717, 1.165) is 24.3 Å². The summed E-state index contributed by atoms with van der Waals surface area (Å²) in [5.41, 5.74) is -0.695. The summed E-state index contributed by atoms with van der Waals surface area (Å²) >= 11 is 0. The van der Waals surface area contributed by atoms with Gasteiger partial charge in [-0.25, -0.2) is 0 Å². The molecule has 0 unspecified atom stereocenters. The Morgan fingerprint density at radius 2 is 1.81 bits per heavy atom. The van der Waals surface area contributed by atoms with E-state index in [1.807, 2.05) is 12.1 Å². The van der Waals surface area contributed by atoms with Gasteiger partial charge in [0.05, 0.1) is 18.4 Å². The maximum atomic E-state index is 12.5. The Kier molecular flexibility index (Phi) is 9.31. The number of hydrogen-bond acceptors (Lipinski definition) is 3. The molecule has 0 saturated heterocycles. The molecule has 0 aliphatic carbocycles. The van der Waals surface area contributed by atoms with E-state index >= 15 is 0 Å². The molecule has 0 radical (unpaired) electrons. The number of halogens is 4. The van der Waals surface area contributed by atoms with E-state index in [1.165, 1.54) is 12.1 Å². The van der Waals surface area contributed by atoms with Gasteiger partial charge in [0.1, 0.15) is 18.1 Å². The van der Waals surface area contributed by atoms with Crippen molar-refractivity contribution in [3.63, 3.8) is 0 Å². The number of rotatable bonds is 7. The molecule has 0 atom stereocenters. The highest BCUT2D eigenvalue weighted by Gasteiger charge is 2.29. The third-order valence-corrected chi connectivity index (χ3v) is 3.31. The van der Waals surface area contributed by atoms with Gasteiger partial charge in [-0.1, -0.05) is 0 Å². The summed E-state index contributed by atoms with van der Waals surface area (Å²) in [4.78, 5) is 4.07. The zero-order valence-corrected chi connectivity index (χ0v) is 16.5. The van der Waals surface area contributed by atoms with Crippen molar-refractivity contribution in [3.8, 4) is 5.75 Å². The van der Waals surface area contributed by atoms with E-state index < -0.39 is 11.7 Å². The number of nitrogens with one attached hydrogen (secondary N) is 2. The number of furan rings is 1. The summed E-state index contributed by atoms with van der Waals surface area (Å²) in [5.74, 6) is 1.88. The first kappa shape index (κ1) is 22.1. The fourth-order valence-electron chi connectivity index (χ4n) is 2.06. The van der Waals surface area contributed by atoms with Gasteiger partial charge in [-0.2, -0.15) is 13.2 Å². The van der Waals surface area contributed by atoms with Crippen LogP contribution >= 0.6 is 24.0 Å². The summed E-state index contributed by atoms with van der Waals surface area (Å²) in [7, 11) is 1.65. The molecular formula is C17H21F3IN3O2. The second-order valence-electron chi connectivity index (χ2n) is 5.13. The van der Waals surface area contributed by atoms with Crippen molar-refractivity contribution in [2.24, 2.45) is 4.99 Å². The van der Waals surface area contributed by atoms with Crippen LogP contribution < -0.4 is 15.4 Å². The maximum absolute atomic E-state index is 12.5. The second kappa shape index (κ2) is 10.9. The first-order valence-corrected chi connectivity index (χ1v) is 7.76. The van der Waals surface area contributed by atoms with Crippen LogP contribution in [0, 0.1) is 0 Å². The van der Waals surface area contributed by atoms with Crippen molar-refractivity contribution in [1.29, 1.82) is 0 Å². The molecule has 0 amide bonds. The molecule has 2 rings (SSSR count). The number of guanidine groups is 1. The number of nitrogens with zero attached hydrogens (tertiary/aromatic N) is 1. The first-order chi connectivity index (χ1) is 12.0. The van der Waals surface area contributed by atoms with E-state index in [-0.39, 0.29) is 24.0 Å². The Bertz CT molecular complexity index is 659. The van der Waals surface area contributed by atoms with Crippen molar-refractivity contribution in [2.75, 3.05) is 26.7 Å². The third-order valence-electron chi connectivity index (χ3n) is 3.31. The smallest absolute Gasteiger partial charge is 0.416 e. The minimum Gasteiger partial charge on any atom is -0.492 e. The molecule has 1 aromatic heterocycles. The van der Waals surface area contributed by atoms with Gasteiger partial charge in [0.15, 0.2) is 5.96 Å². The molecule has 0 aliphatic heterocycles. The van der Waals surface area contributed by atoms with Crippen LogP contribution in [0.2, 0.25) is 0 Å². The van der Waals surface area contributed by atoms with E-state index in [2.05, 4.69) is 15.6 Å². The zero-order chi connectivity index (χ0) is 18.1. The van der Waals surface area contributed by atoms with Crippen molar-refractivity contribution in [3.05, 3.63) is 54.0 Å². The average molecular weight is 483 g/mol. The molecular weight excluding hydrogens is 462 g/mol. The first-order valence-electron chi connectivity index (χ1n) is 7.76. The number of ether oxygens (including phenoxy) is 1. The average Bonchev–Trinajstić information content (AvgIpc) is 3.10. The van der Waals surface area contributed by atoms with E-state index in [0.29, 0.717) is 31.4 Å². The monoisotopic (exact) mass is 483 g/mol. The van der Waals surface area contributed by atoms with Gasteiger partial charge in [0.2, 0.25) is 0 Å². The van der Waals surface area contributed by atoms with Crippen LogP contribution in [0.25, 0.3) is 0 Å². The van der Waals surface area contributed by atoms with Crippen molar-refractivity contribution < 1.29 is 22.3 Å². The number of alkyl halides is 3. The molecule has 9 heteroatoms. The Hall–Kier alpha value is -1.91. The Morgan fingerprint density at radius 1 is 1.12 bits per heavy atom. The highest BCUT2D eigenvalue weighted by molar-refractivity contribution is 14.0. The lowest BCUT2D eigenvalue weighted by Gasteiger charge is -2.12. The number of hydrogen-bond donors (Lipinski definition) is 2. The summed E-state index contributed by atoms with van der Waals surface area (Å²) < 4.78 is 48.0. The molecule has 1 aromatic carbocycles. The molecule has 2 aromatic rings. The van der Waals surface area contributed by atoms with Crippen LogP contribution in [0.1, 0.15) is 11.3 Å². The predicted molar refractivity (Wildman–Crippen MR) is 104 cm³/mol. The highest BCUT2D eigenvalue weighted by atomic mass is 127. The van der Waals surface area contributed by atoms with Crippen LogP contribution in [-0.4, -0.2) is 32.7 Å². The van der Waals surface area contributed by atoms with Gasteiger partial charge in [-0.05, 0) is 36.4 Å². The van der Waals surface area contributed by atoms with Gasteiger partial charge >= 0.3 is 6.18 Å². The Balaban J connectivity index is 0.00000338. The fraction of sp³-hybridized carbons (Fsp3) is 0.353. The van der Waals surface area contributed by atoms with Gasteiger partial charge in [0, 0.05) is 20.0 Å². The minimum atomic E-state index is -4.34. The molecule has 0 bridgehead atoms. The SMILES string of the molecule is CN=C(NCCOc1ccc(C(F)(F)F)cc1)NCCc1ccco1.I. The summed E-state index contributed by atoms with van der Waals surface area (Å²) in [6.45, 7) is 1.42. The molecule has 0 aliphatic rings. The standard InChI is InChI=1S/C17H20F3N3O2.HI/c1-21-16(22-9-8-14-3-2-11-24-14)23-10-12-25-15-6-4-13(5-7-15)17(18,19)20;/h2-7,11H,8-10,12H2,1H3,(H2,21,22,23);1H. The normalized spacial score (nSPS) is 11.6. The van der Waals surface area contributed by atoms with Crippen LogP contribution in [0.5, 0.6) is 5.75 Å². The minimum absolute atomic E-state index is 0. The molecule has 1 heterocycles. The number of benzene rings is 1. The van der Waals surface area contributed by atoms with Gasteiger partial charge in [-0.15, -0.1) is 24.0 Å². The van der Waals surface area contributed by atoms with Crippen LogP contribution in [0.3, 0.4) is 0 Å². The molecule has 144 valence electrons. The van der Waals surface area contributed by atoms with Gasteiger partial charge in [-0.3, -0.25) is 4.99 Å². The van der Waals surface area contributed by atoms with Crippen LogP contribution in [-0.2, 0) is 12.6 Å². The van der Waals surface area contributed by atoms with Crippen LogP contribution in [0.15, 0.2) is 52.1 Å². The molecule has 2 N–H and O–H groups in total. The van der Waals surface area contributed by atoms with Gasteiger partial charge in [0.25, 0.3) is 0 Å². The zero-order valence-electron chi connectivity index (χ0n) is 14.2. The van der Waals surface area contributed by atoms with E-state index in [1.54, 1.807) is 13.3 Å². The Labute approximate surface area is 167 Å². The molecule has 0 spiro atoms. The summed E-state index contributed by atoms with van der Waals surface area (Å²) in [6.07, 6.45) is -1.98. The maximum Gasteiger partial charge on any atom is 0.416 e. The molecule has 0 saturated carbocycles. The lowest BCUT2D eigenvalue weighted by molar-refractivity contribution is -0.137. The van der Waals surface area contributed by atoms with Crippen molar-refractivity contribution in [1.82, 2.24) is 10.6 Å². The van der Waals surface area contributed by atoms with Crippen molar-refractivity contribution >= 4 is 29.9 Å². The molecule has 26 heavy (non-hydrogen) atoms. The lowest BCUT2D eigenvalue weighted by Crippen LogP contribution is -2.40. The predicted octanol–water partition coefficient (Wildman–Crippen LogP) is 3.70. The fourth-order valence-corrected chi connectivity index (χ4v) is 2.06. The number of aliphatic imine (C=N–C) groups is 1. The molecule has 0 fully saturated rings. The van der Waals surface area contributed by atoms with Gasteiger partial charge < -0.3 is 19.8 Å². The Morgan fingerprint density at radius 3 is 2.38 bits per heavy atom. The van der Waals surface area contributed by atoms with Crippen molar-refractivity contribution in [2.45, 2.75) is 12.6 Å². The quantitative estimate of drug-likeness (QED) is 0.273. The van der Waals surface area contributed by atoms with E-state index in [9.17, 15) is 13.2 Å². The topological polar surface area (TPSA) is 58.8 Å². The van der Waals surface area contributed by atoms with Crippen LogP contribution in [0.4, 0.5) is 13.2 Å². The summed E-state index contributed by atoms with van der Waals surface area (Å²) in [6, 6.07) is 8.34. The summed E-state index contributed by atoms with van der Waals surface area (Å²) in [5, 5.41) is 6.19. The third kappa shape index (κ3) is 7.54. The second-order valence-corrected chi connectivity index (χ2v) is 5.13. The largest absolute Gasteiger partial charge is 0.492 e. The molecule has 5 nitrogen and oxygen atoms in total. The lowest BCUT2D eigenvalue weighted by atomic mass is 10.2. The van der Waals surface area contributed by atoms with E-state index in [4.69, 9.17) is 9.15 Å². The highest BCUT2D eigenvalue weighted by Crippen LogP contribution is 2.30.